The van der Waals surface area contributed by atoms with E-state index >= 15 is 0 Å². The maximum atomic E-state index is 4.10. The average molecular weight is 314 g/mol. The quantitative estimate of drug-likeness (QED) is 0.688. The normalized spacial score (nSPS) is 10.6. The molecule has 0 spiro atoms. The molecule has 0 unspecified atom stereocenters. The SMILES string of the molecule is BrCc1cn(-c2ccc(-c3ccccc3)cc2)nn1. The first-order valence-corrected chi connectivity index (χ1v) is 7.12. The number of alkyl halides is 1. The molecule has 3 aromatic rings. The Morgan fingerprint density at radius 1 is 0.895 bits per heavy atom. The van der Waals surface area contributed by atoms with Crippen molar-refractivity contribution in [3.05, 3.63) is 66.5 Å². The summed E-state index contributed by atoms with van der Waals surface area (Å²) in [4.78, 5) is 0. The van der Waals surface area contributed by atoms with Gasteiger partial charge in [0.1, 0.15) is 0 Å². The highest BCUT2D eigenvalue weighted by molar-refractivity contribution is 9.08. The van der Waals surface area contributed by atoms with Crippen molar-refractivity contribution in [3.63, 3.8) is 0 Å². The van der Waals surface area contributed by atoms with Gasteiger partial charge in [-0.25, -0.2) is 4.68 Å². The molecule has 1 aromatic heterocycles. The fraction of sp³-hybridized carbons (Fsp3) is 0.0667. The predicted octanol–water partition coefficient (Wildman–Crippen LogP) is 3.83. The van der Waals surface area contributed by atoms with Gasteiger partial charge < -0.3 is 0 Å². The lowest BCUT2D eigenvalue weighted by atomic mass is 10.1. The van der Waals surface area contributed by atoms with Crippen molar-refractivity contribution in [3.8, 4) is 16.8 Å². The molecular formula is C15H12BrN3. The van der Waals surface area contributed by atoms with E-state index in [1.165, 1.54) is 11.1 Å². The van der Waals surface area contributed by atoms with Crippen molar-refractivity contribution in [1.82, 2.24) is 15.0 Å². The first-order valence-electron chi connectivity index (χ1n) is 6.00. The van der Waals surface area contributed by atoms with Gasteiger partial charge in [-0.05, 0) is 23.3 Å². The molecule has 0 saturated heterocycles. The summed E-state index contributed by atoms with van der Waals surface area (Å²) in [5.74, 6) is 0. The molecule has 0 aliphatic rings. The summed E-state index contributed by atoms with van der Waals surface area (Å²) in [5, 5.41) is 8.87. The zero-order chi connectivity index (χ0) is 13.1. The third-order valence-electron chi connectivity index (χ3n) is 2.92. The molecule has 4 heteroatoms. The monoisotopic (exact) mass is 313 g/mol. The Kier molecular flexibility index (Phi) is 3.42. The number of rotatable bonds is 3. The van der Waals surface area contributed by atoms with Crippen LogP contribution in [-0.4, -0.2) is 15.0 Å². The third kappa shape index (κ3) is 2.58. The maximum Gasteiger partial charge on any atom is 0.0937 e. The molecule has 3 nitrogen and oxygen atoms in total. The standard InChI is InChI=1S/C15H12BrN3/c16-10-14-11-19(18-17-14)15-8-6-13(7-9-15)12-4-2-1-3-5-12/h1-9,11H,10H2. The average Bonchev–Trinajstić information content (AvgIpc) is 2.97. The number of hydrogen-bond acceptors (Lipinski definition) is 2. The summed E-state index contributed by atoms with van der Waals surface area (Å²) in [6.45, 7) is 0. The Bertz CT molecular complexity index is 659. The molecule has 0 N–H and O–H groups in total. The van der Waals surface area contributed by atoms with Gasteiger partial charge in [0.15, 0.2) is 0 Å². The van der Waals surface area contributed by atoms with Gasteiger partial charge >= 0.3 is 0 Å². The van der Waals surface area contributed by atoms with Gasteiger partial charge in [0.05, 0.1) is 17.6 Å². The van der Waals surface area contributed by atoms with Crippen LogP contribution in [0.1, 0.15) is 5.69 Å². The van der Waals surface area contributed by atoms with Crippen molar-refractivity contribution >= 4 is 15.9 Å². The second kappa shape index (κ2) is 5.36. The summed E-state index contributed by atoms with van der Waals surface area (Å²) >= 11 is 3.37. The zero-order valence-electron chi connectivity index (χ0n) is 10.2. The molecule has 0 fully saturated rings. The van der Waals surface area contributed by atoms with E-state index in [2.05, 4.69) is 62.6 Å². The van der Waals surface area contributed by atoms with Crippen molar-refractivity contribution in [1.29, 1.82) is 0 Å². The van der Waals surface area contributed by atoms with Crippen LogP contribution < -0.4 is 0 Å². The minimum absolute atomic E-state index is 0.717. The lowest BCUT2D eigenvalue weighted by molar-refractivity contribution is 0.800. The topological polar surface area (TPSA) is 30.7 Å². The largest absolute Gasteiger partial charge is 0.220 e. The first-order chi connectivity index (χ1) is 9.36. The van der Waals surface area contributed by atoms with Crippen LogP contribution in [0, 0.1) is 0 Å². The summed E-state index contributed by atoms with van der Waals surface area (Å²) in [6.07, 6.45) is 1.92. The zero-order valence-corrected chi connectivity index (χ0v) is 11.8. The smallest absolute Gasteiger partial charge is 0.0937 e. The van der Waals surface area contributed by atoms with Crippen LogP contribution in [0.25, 0.3) is 16.8 Å². The number of hydrogen-bond donors (Lipinski definition) is 0. The molecule has 0 bridgehead atoms. The van der Waals surface area contributed by atoms with Crippen LogP contribution in [0.2, 0.25) is 0 Å². The minimum Gasteiger partial charge on any atom is -0.220 e. The van der Waals surface area contributed by atoms with E-state index in [4.69, 9.17) is 0 Å². The van der Waals surface area contributed by atoms with E-state index in [0.29, 0.717) is 0 Å². The Balaban J connectivity index is 1.90. The van der Waals surface area contributed by atoms with E-state index in [0.717, 1.165) is 16.7 Å². The fourth-order valence-electron chi connectivity index (χ4n) is 1.92. The van der Waals surface area contributed by atoms with E-state index in [1.807, 2.05) is 24.4 Å². The van der Waals surface area contributed by atoms with Crippen molar-refractivity contribution < 1.29 is 0 Å². The predicted molar refractivity (Wildman–Crippen MR) is 79.4 cm³/mol. The first kappa shape index (κ1) is 12.1. The number of benzene rings is 2. The van der Waals surface area contributed by atoms with Crippen LogP contribution in [0.3, 0.4) is 0 Å². The summed E-state index contributed by atoms with van der Waals surface area (Å²) in [5.41, 5.74) is 4.35. The minimum atomic E-state index is 0.717. The Morgan fingerprint density at radius 2 is 1.58 bits per heavy atom. The molecular weight excluding hydrogens is 302 g/mol. The molecule has 0 atom stereocenters. The van der Waals surface area contributed by atoms with Crippen LogP contribution in [-0.2, 0) is 5.33 Å². The Morgan fingerprint density at radius 3 is 2.21 bits per heavy atom. The number of aromatic nitrogens is 3. The molecule has 0 aliphatic heterocycles. The van der Waals surface area contributed by atoms with Gasteiger partial charge in [0, 0.05) is 5.33 Å². The lowest BCUT2D eigenvalue weighted by Gasteiger charge is -2.03. The second-order valence-electron chi connectivity index (χ2n) is 4.20. The Labute approximate surface area is 120 Å². The molecule has 0 aliphatic carbocycles. The van der Waals surface area contributed by atoms with Crippen LogP contribution >= 0.6 is 15.9 Å². The van der Waals surface area contributed by atoms with Crippen molar-refractivity contribution in [2.24, 2.45) is 0 Å². The molecule has 0 amide bonds. The highest BCUT2D eigenvalue weighted by Crippen LogP contribution is 2.20. The van der Waals surface area contributed by atoms with Gasteiger partial charge in [-0.15, -0.1) is 5.10 Å². The van der Waals surface area contributed by atoms with Crippen molar-refractivity contribution in [2.45, 2.75) is 5.33 Å². The van der Waals surface area contributed by atoms with E-state index in [1.54, 1.807) is 4.68 Å². The summed E-state index contributed by atoms with van der Waals surface area (Å²) in [7, 11) is 0. The fourth-order valence-corrected chi connectivity index (χ4v) is 2.18. The molecule has 0 radical (unpaired) electrons. The van der Waals surface area contributed by atoms with E-state index in [9.17, 15) is 0 Å². The van der Waals surface area contributed by atoms with Gasteiger partial charge in [-0.1, -0.05) is 63.6 Å². The van der Waals surface area contributed by atoms with E-state index in [-0.39, 0.29) is 0 Å². The molecule has 2 aromatic carbocycles. The van der Waals surface area contributed by atoms with Gasteiger partial charge in [-0.2, -0.15) is 0 Å². The van der Waals surface area contributed by atoms with Gasteiger partial charge in [-0.3, -0.25) is 0 Å². The summed E-state index contributed by atoms with van der Waals surface area (Å²) < 4.78 is 1.78. The van der Waals surface area contributed by atoms with Crippen LogP contribution in [0.15, 0.2) is 60.8 Å². The third-order valence-corrected chi connectivity index (χ3v) is 3.49. The molecule has 3 rings (SSSR count). The molecule has 94 valence electrons. The molecule has 1 heterocycles. The highest BCUT2D eigenvalue weighted by atomic mass is 79.9. The van der Waals surface area contributed by atoms with E-state index < -0.39 is 0 Å². The Hall–Kier alpha value is -1.94. The van der Waals surface area contributed by atoms with Gasteiger partial charge in [0.25, 0.3) is 0 Å². The van der Waals surface area contributed by atoms with Crippen LogP contribution in [0.4, 0.5) is 0 Å². The summed E-state index contributed by atoms with van der Waals surface area (Å²) in [6, 6.07) is 18.6. The molecule has 0 saturated carbocycles. The maximum absolute atomic E-state index is 4.10. The molecule has 19 heavy (non-hydrogen) atoms. The number of nitrogens with zero attached hydrogens (tertiary/aromatic N) is 3. The number of halogens is 1. The second-order valence-corrected chi connectivity index (χ2v) is 4.76. The van der Waals surface area contributed by atoms with Gasteiger partial charge in [0.2, 0.25) is 0 Å². The lowest BCUT2D eigenvalue weighted by Crippen LogP contribution is -1.94. The van der Waals surface area contributed by atoms with Crippen LogP contribution in [0.5, 0.6) is 0 Å². The van der Waals surface area contributed by atoms with Crippen molar-refractivity contribution in [2.75, 3.05) is 0 Å². The highest BCUT2D eigenvalue weighted by Gasteiger charge is 2.02.